The second-order valence-electron chi connectivity index (χ2n) is 10.9. The van der Waals surface area contributed by atoms with Gasteiger partial charge in [-0.25, -0.2) is 18.7 Å². The topological polar surface area (TPSA) is 110 Å². The lowest BCUT2D eigenvalue weighted by atomic mass is 9.77. The first-order valence-corrected chi connectivity index (χ1v) is 12.9. The van der Waals surface area contributed by atoms with Crippen LogP contribution in [0.3, 0.4) is 0 Å². The monoisotopic (exact) mass is 557 g/mol. The summed E-state index contributed by atoms with van der Waals surface area (Å²) in [7, 11) is 0. The molecule has 4 heterocycles. The van der Waals surface area contributed by atoms with Crippen LogP contribution in [0.15, 0.2) is 41.5 Å². The fraction of sp³-hybridized carbons (Fsp3) is 0.407. The van der Waals surface area contributed by atoms with E-state index in [2.05, 4.69) is 39.4 Å². The van der Waals surface area contributed by atoms with Gasteiger partial charge >= 0.3 is 6.18 Å². The predicted molar refractivity (Wildman–Crippen MR) is 139 cm³/mol. The van der Waals surface area contributed by atoms with E-state index in [1.54, 1.807) is 0 Å². The summed E-state index contributed by atoms with van der Waals surface area (Å²) in [5.41, 5.74) is -0.0770. The molecule has 0 saturated heterocycles. The molecule has 1 aliphatic carbocycles. The number of nitrogens with one attached hydrogen (secondary N) is 2. The highest BCUT2D eigenvalue weighted by molar-refractivity contribution is 5.77. The minimum Gasteiger partial charge on any atom is -0.384 e. The molecular weight excluding hydrogens is 530 g/mol. The number of aromatic nitrogens is 5. The van der Waals surface area contributed by atoms with Gasteiger partial charge in [0.05, 0.1) is 11.9 Å². The maximum Gasteiger partial charge on any atom is 0.408 e. The van der Waals surface area contributed by atoms with Gasteiger partial charge in [-0.3, -0.25) is 9.78 Å². The summed E-state index contributed by atoms with van der Waals surface area (Å²) in [5.74, 6) is -0.954. The van der Waals surface area contributed by atoms with E-state index < -0.39 is 29.7 Å². The van der Waals surface area contributed by atoms with Crippen molar-refractivity contribution in [1.29, 1.82) is 0 Å². The Bertz CT molecular complexity index is 1690. The van der Waals surface area contributed by atoms with Gasteiger partial charge in [-0.2, -0.15) is 18.2 Å². The molecule has 3 aromatic heterocycles. The lowest BCUT2D eigenvalue weighted by Gasteiger charge is -2.36. The normalized spacial score (nSPS) is 17.9. The smallest absolute Gasteiger partial charge is 0.384 e. The number of nitrogens with zero attached hydrogens (tertiary/aromatic N) is 5. The lowest BCUT2D eigenvalue weighted by Crippen LogP contribution is -2.42. The molecular formula is C27H27F4N7O2. The molecule has 40 heavy (non-hydrogen) atoms. The molecule has 1 saturated carbocycles. The van der Waals surface area contributed by atoms with Crippen LogP contribution in [-0.2, 0) is 24.1 Å². The van der Waals surface area contributed by atoms with Crippen molar-refractivity contribution in [2.75, 3.05) is 11.9 Å². The van der Waals surface area contributed by atoms with Crippen molar-refractivity contribution in [3.63, 3.8) is 0 Å². The summed E-state index contributed by atoms with van der Waals surface area (Å²) in [5, 5.41) is 17.1. The van der Waals surface area contributed by atoms with Gasteiger partial charge in [0.25, 0.3) is 5.56 Å². The number of alkyl halides is 3. The van der Waals surface area contributed by atoms with Crippen LogP contribution in [0.2, 0.25) is 0 Å². The molecule has 0 spiro atoms. The van der Waals surface area contributed by atoms with E-state index in [4.69, 9.17) is 0 Å². The SMILES string of the molecule is CC1(C)NCCc2cc(Nc3ncc4c(=O)n(CC(F)(F)F)n(-c5cc(C6(O)CCC6)ncc5F)c4n3)ccc21. The largest absolute Gasteiger partial charge is 0.408 e. The summed E-state index contributed by atoms with van der Waals surface area (Å²) in [4.78, 5) is 25.6. The van der Waals surface area contributed by atoms with Crippen LogP contribution < -0.4 is 16.2 Å². The van der Waals surface area contributed by atoms with Crippen LogP contribution in [0, 0.1) is 5.82 Å². The van der Waals surface area contributed by atoms with Crippen molar-refractivity contribution in [3.05, 3.63) is 69.7 Å². The van der Waals surface area contributed by atoms with Gasteiger partial charge in [0, 0.05) is 17.4 Å². The van der Waals surface area contributed by atoms with Crippen molar-refractivity contribution >= 4 is 22.7 Å². The second-order valence-corrected chi connectivity index (χ2v) is 10.9. The van der Waals surface area contributed by atoms with E-state index in [0.717, 1.165) is 47.6 Å². The summed E-state index contributed by atoms with van der Waals surface area (Å²) < 4.78 is 57.0. The number of benzene rings is 1. The molecule has 0 unspecified atom stereocenters. The van der Waals surface area contributed by atoms with Crippen molar-refractivity contribution in [2.45, 2.75) is 63.4 Å². The van der Waals surface area contributed by atoms with Gasteiger partial charge in [0.2, 0.25) is 5.95 Å². The summed E-state index contributed by atoms with van der Waals surface area (Å²) >= 11 is 0. The van der Waals surface area contributed by atoms with Crippen LogP contribution >= 0.6 is 0 Å². The Labute approximate surface area is 225 Å². The molecule has 3 N–H and O–H groups in total. The predicted octanol–water partition coefficient (Wildman–Crippen LogP) is 4.17. The number of anilines is 2. The maximum atomic E-state index is 15.2. The molecule has 0 bridgehead atoms. The lowest BCUT2D eigenvalue weighted by molar-refractivity contribution is -0.144. The fourth-order valence-corrected chi connectivity index (χ4v) is 5.48. The minimum atomic E-state index is -4.78. The molecule has 1 aromatic carbocycles. The van der Waals surface area contributed by atoms with Crippen LogP contribution in [-0.4, -0.2) is 42.1 Å². The Morgan fingerprint density at radius 2 is 1.93 bits per heavy atom. The number of pyridine rings is 1. The van der Waals surface area contributed by atoms with Crippen molar-refractivity contribution in [2.24, 2.45) is 0 Å². The average molecular weight is 558 g/mol. The molecule has 1 aliphatic heterocycles. The Hall–Kier alpha value is -3.84. The van der Waals surface area contributed by atoms with E-state index >= 15 is 4.39 Å². The first-order chi connectivity index (χ1) is 18.8. The molecule has 6 rings (SSSR count). The van der Waals surface area contributed by atoms with Gasteiger partial charge in [-0.15, -0.1) is 0 Å². The summed E-state index contributed by atoms with van der Waals surface area (Å²) in [6.07, 6.45) is -0.512. The summed E-state index contributed by atoms with van der Waals surface area (Å²) in [6.45, 7) is 3.31. The number of halogens is 4. The number of hydrogen-bond acceptors (Lipinski definition) is 7. The van der Waals surface area contributed by atoms with E-state index in [1.165, 1.54) is 6.07 Å². The zero-order valence-corrected chi connectivity index (χ0v) is 21.8. The van der Waals surface area contributed by atoms with Gasteiger partial charge in [-0.1, -0.05) is 6.07 Å². The van der Waals surface area contributed by atoms with Gasteiger partial charge in [0.15, 0.2) is 11.5 Å². The third-order valence-electron chi connectivity index (χ3n) is 7.72. The maximum absolute atomic E-state index is 15.2. The van der Waals surface area contributed by atoms with Gasteiger partial charge in [0.1, 0.15) is 23.2 Å². The molecule has 210 valence electrons. The van der Waals surface area contributed by atoms with E-state index in [-0.39, 0.29) is 33.9 Å². The van der Waals surface area contributed by atoms with Gasteiger partial charge < -0.3 is 15.7 Å². The Morgan fingerprint density at radius 1 is 1.15 bits per heavy atom. The third kappa shape index (κ3) is 4.52. The molecule has 1 fully saturated rings. The zero-order chi connectivity index (χ0) is 28.4. The molecule has 9 nitrogen and oxygen atoms in total. The Balaban J connectivity index is 1.48. The Kier molecular flexibility index (Phi) is 6.00. The average Bonchev–Trinajstić information content (AvgIpc) is 3.12. The van der Waals surface area contributed by atoms with E-state index in [0.29, 0.717) is 23.2 Å². The molecule has 0 amide bonds. The molecule has 4 aromatic rings. The number of rotatable bonds is 5. The standard InChI is InChI=1S/C27H27F4N7O2/c1-25(2)18-5-4-16(10-15(18)6-9-34-25)35-24-33-12-17-22(36-24)38(37(23(17)39)14-27(29,30)31)20-11-21(32-13-19(20)28)26(40)7-3-8-26/h4-5,10-13,34,40H,3,6-9,14H2,1-2H3,(H,33,35,36). The molecule has 0 radical (unpaired) electrons. The third-order valence-corrected chi connectivity index (χ3v) is 7.72. The van der Waals surface area contributed by atoms with Crippen molar-refractivity contribution < 1.29 is 22.7 Å². The second kappa shape index (κ2) is 9.10. The first-order valence-electron chi connectivity index (χ1n) is 12.9. The van der Waals surface area contributed by atoms with Crippen LogP contribution in [0.1, 0.15) is 49.9 Å². The summed E-state index contributed by atoms with van der Waals surface area (Å²) in [6, 6.07) is 6.96. The highest BCUT2D eigenvalue weighted by atomic mass is 19.4. The Morgan fingerprint density at radius 3 is 2.62 bits per heavy atom. The highest BCUT2D eigenvalue weighted by Crippen LogP contribution is 2.41. The first kappa shape index (κ1) is 26.4. The van der Waals surface area contributed by atoms with Crippen molar-refractivity contribution in [1.82, 2.24) is 29.6 Å². The zero-order valence-electron chi connectivity index (χ0n) is 21.8. The van der Waals surface area contributed by atoms with Crippen LogP contribution in [0.25, 0.3) is 16.7 Å². The van der Waals surface area contributed by atoms with E-state index in [1.807, 2.05) is 18.2 Å². The molecule has 13 heteroatoms. The quantitative estimate of drug-likeness (QED) is 0.316. The van der Waals surface area contributed by atoms with Crippen LogP contribution in [0.5, 0.6) is 0 Å². The number of fused-ring (bicyclic) bond motifs is 2. The number of hydrogen-bond donors (Lipinski definition) is 3. The highest BCUT2D eigenvalue weighted by Gasteiger charge is 2.39. The molecule has 0 atom stereocenters. The van der Waals surface area contributed by atoms with Gasteiger partial charge in [-0.05, 0) is 75.4 Å². The minimum absolute atomic E-state index is 0.0193. The van der Waals surface area contributed by atoms with Crippen molar-refractivity contribution in [3.8, 4) is 5.69 Å². The van der Waals surface area contributed by atoms with Crippen LogP contribution in [0.4, 0.5) is 29.2 Å². The fourth-order valence-electron chi connectivity index (χ4n) is 5.48. The molecule has 2 aliphatic rings. The number of aliphatic hydroxyl groups is 1. The van der Waals surface area contributed by atoms with E-state index in [9.17, 15) is 23.1 Å².